The van der Waals surface area contributed by atoms with Crippen LogP contribution < -0.4 is 5.32 Å². The van der Waals surface area contributed by atoms with Gasteiger partial charge in [0.2, 0.25) is 0 Å². The van der Waals surface area contributed by atoms with E-state index in [1.165, 1.54) is 15.4 Å². The van der Waals surface area contributed by atoms with Gasteiger partial charge in [0.25, 0.3) is 0 Å². The summed E-state index contributed by atoms with van der Waals surface area (Å²) in [6.45, 7) is 4.30. The van der Waals surface area contributed by atoms with Crippen LogP contribution in [0.5, 0.6) is 0 Å². The molecule has 3 nitrogen and oxygen atoms in total. The highest BCUT2D eigenvalue weighted by atomic mass is 32.2. The van der Waals surface area contributed by atoms with E-state index in [-0.39, 0.29) is 7.53 Å². The van der Waals surface area contributed by atoms with E-state index in [4.69, 9.17) is 4.74 Å². The van der Waals surface area contributed by atoms with E-state index < -0.39 is 6.09 Å². The highest BCUT2D eigenvalue weighted by molar-refractivity contribution is 8.00. The second kappa shape index (κ2) is 11.7. The normalized spacial score (nSPS) is 10.9. The first kappa shape index (κ1) is 22.3. The van der Waals surface area contributed by atoms with Crippen molar-refractivity contribution in [3.05, 3.63) is 90.5 Å². The topological polar surface area (TPSA) is 38.3 Å². The molecule has 0 aromatic heterocycles. The molecule has 0 aliphatic rings. The molecule has 0 atom stereocenters. The van der Waals surface area contributed by atoms with E-state index in [0.29, 0.717) is 17.4 Å². The average molecular weight is 440 g/mol. The van der Waals surface area contributed by atoms with Crippen molar-refractivity contribution in [1.82, 2.24) is 0 Å². The van der Waals surface area contributed by atoms with Crippen LogP contribution in [0.25, 0.3) is 0 Å². The van der Waals surface area contributed by atoms with Gasteiger partial charge < -0.3 is 4.74 Å². The predicted molar refractivity (Wildman–Crippen MR) is 131 cm³/mol. The van der Waals surface area contributed by atoms with Gasteiger partial charge in [-0.3, -0.25) is 5.32 Å². The van der Waals surface area contributed by atoms with Crippen molar-refractivity contribution in [2.24, 2.45) is 0 Å². The molecular weight excluding hydrogens is 410 g/mol. The summed E-state index contributed by atoms with van der Waals surface area (Å²) in [4.78, 5) is 14.8. The zero-order chi connectivity index (χ0) is 21.2. The molecule has 0 bridgehead atoms. The van der Waals surface area contributed by atoms with E-state index in [1.807, 2.05) is 60.7 Å². The van der Waals surface area contributed by atoms with Gasteiger partial charge in [0.05, 0.1) is 0 Å². The quantitative estimate of drug-likeness (QED) is 0.349. The Kier molecular flexibility index (Phi) is 8.72. The van der Waals surface area contributed by atoms with Crippen LogP contribution in [0.1, 0.15) is 26.8 Å². The third-order valence-electron chi connectivity index (χ3n) is 4.46. The Balaban J connectivity index is 0.00000341. The van der Waals surface area contributed by atoms with Gasteiger partial charge >= 0.3 is 6.09 Å². The van der Waals surface area contributed by atoms with E-state index in [2.05, 4.69) is 43.4 Å². The van der Waals surface area contributed by atoms with Crippen molar-refractivity contribution in [3.8, 4) is 0 Å². The minimum atomic E-state index is -0.417. The van der Waals surface area contributed by atoms with Crippen LogP contribution in [0, 0.1) is 0 Å². The maximum atomic E-state index is 12.5. The van der Waals surface area contributed by atoms with Crippen molar-refractivity contribution in [3.63, 3.8) is 0 Å². The number of hydrogen-bond donors (Lipinski definition) is 1. The lowest BCUT2D eigenvalue weighted by molar-refractivity contribution is 0.134. The fourth-order valence-corrected chi connectivity index (χ4v) is 4.75. The van der Waals surface area contributed by atoms with Crippen LogP contribution in [-0.2, 0) is 4.74 Å². The zero-order valence-corrected chi connectivity index (χ0v) is 18.9. The average Bonchev–Trinajstić information content (AvgIpc) is 2.77. The molecule has 0 saturated heterocycles. The van der Waals surface area contributed by atoms with E-state index in [0.717, 1.165) is 5.69 Å². The Bertz CT molecular complexity index is 862. The summed E-state index contributed by atoms with van der Waals surface area (Å²) >= 11 is 3.40. The number of rotatable bonds is 9. The van der Waals surface area contributed by atoms with Gasteiger partial charge in [-0.25, -0.2) is 4.79 Å². The summed E-state index contributed by atoms with van der Waals surface area (Å²) < 4.78 is 5.78. The molecule has 0 heterocycles. The van der Waals surface area contributed by atoms with Crippen molar-refractivity contribution in [2.45, 2.75) is 35.7 Å². The van der Waals surface area contributed by atoms with Crippen molar-refractivity contribution < 1.29 is 11.0 Å². The van der Waals surface area contributed by atoms with Gasteiger partial charge in [-0.05, 0) is 47.9 Å². The number of carbonyl (C=O) groups is 1. The van der Waals surface area contributed by atoms with Gasteiger partial charge in [0.15, 0.2) is 0 Å². The number of anilines is 1. The molecular formula is C25H29NO2S2. The molecule has 1 N–H and O–H groups in total. The first-order chi connectivity index (χ1) is 14.6. The first-order valence-corrected chi connectivity index (χ1v) is 12.0. The second-order valence-electron chi connectivity index (χ2n) is 7.18. The summed E-state index contributed by atoms with van der Waals surface area (Å²) in [6, 6.07) is 28.3. The summed E-state index contributed by atoms with van der Waals surface area (Å²) in [5, 5.41) is 2.86. The van der Waals surface area contributed by atoms with E-state index in [9.17, 15) is 4.79 Å². The highest BCUT2D eigenvalue weighted by Crippen LogP contribution is 2.24. The molecule has 0 spiro atoms. The minimum Gasteiger partial charge on any atom is -0.444 e. The Labute approximate surface area is 189 Å². The van der Waals surface area contributed by atoms with Crippen LogP contribution in [0.4, 0.5) is 10.5 Å². The number of carbonyl (C=O) groups excluding carboxylic acids is 1. The molecule has 0 aliphatic carbocycles. The number of nitrogens with one attached hydrogen (secondary N) is 1. The van der Waals surface area contributed by atoms with Crippen molar-refractivity contribution in [2.75, 3.05) is 16.8 Å². The fraction of sp³-hybridized carbons (Fsp3) is 0.240. The Morgan fingerprint density at radius 1 is 0.833 bits per heavy atom. The monoisotopic (exact) mass is 439 g/mol. The Hall–Kier alpha value is -2.37. The van der Waals surface area contributed by atoms with Crippen molar-refractivity contribution >= 4 is 35.3 Å². The van der Waals surface area contributed by atoms with Gasteiger partial charge in [0, 0.05) is 28.4 Å². The number of benzene rings is 3. The third-order valence-corrected chi connectivity index (χ3v) is 6.74. The molecule has 0 aliphatic heterocycles. The number of amides is 1. The van der Waals surface area contributed by atoms with Crippen LogP contribution in [0.3, 0.4) is 0 Å². The van der Waals surface area contributed by atoms with E-state index >= 15 is 0 Å². The summed E-state index contributed by atoms with van der Waals surface area (Å²) in [7, 11) is 0. The van der Waals surface area contributed by atoms with E-state index in [1.54, 1.807) is 23.5 Å². The van der Waals surface area contributed by atoms with Crippen molar-refractivity contribution in [1.29, 1.82) is 0 Å². The summed E-state index contributed by atoms with van der Waals surface area (Å²) in [5.74, 6) is 1.85. The molecule has 158 valence electrons. The lowest BCUT2D eigenvalue weighted by Gasteiger charge is -2.18. The van der Waals surface area contributed by atoms with Gasteiger partial charge in [-0.15, -0.1) is 23.5 Å². The fourth-order valence-electron chi connectivity index (χ4n) is 2.78. The second-order valence-corrected chi connectivity index (χ2v) is 9.36. The smallest absolute Gasteiger partial charge is 0.411 e. The summed E-state index contributed by atoms with van der Waals surface area (Å²) in [5.41, 5.74) is 1.99. The van der Waals surface area contributed by atoms with Crippen LogP contribution in [0.2, 0.25) is 0 Å². The number of hydrogen-bond acceptors (Lipinski definition) is 4. The Morgan fingerprint density at radius 2 is 1.33 bits per heavy atom. The Morgan fingerprint density at radius 3 is 1.80 bits per heavy atom. The van der Waals surface area contributed by atoms with Gasteiger partial charge in [0.1, 0.15) is 6.10 Å². The molecule has 0 radical (unpaired) electrons. The van der Waals surface area contributed by atoms with Crippen LogP contribution >= 0.6 is 23.5 Å². The molecule has 3 rings (SSSR count). The molecule has 30 heavy (non-hydrogen) atoms. The van der Waals surface area contributed by atoms with Gasteiger partial charge in [-0.1, -0.05) is 62.4 Å². The van der Waals surface area contributed by atoms with Crippen LogP contribution in [0.15, 0.2) is 94.7 Å². The minimum absolute atomic E-state index is 0. The molecule has 1 amide bonds. The first-order valence-electron chi connectivity index (χ1n) is 10.0. The number of thioether (sulfide) groups is 2. The predicted octanol–water partition coefficient (Wildman–Crippen LogP) is 7.56. The molecule has 0 fully saturated rings. The molecule has 5 heteroatoms. The lowest BCUT2D eigenvalue weighted by atomic mass is 10.0. The zero-order valence-electron chi connectivity index (χ0n) is 17.3. The standard InChI is InChI=1S/C25H27NO2S2.H2/c1-19(2)20-13-15-21(16-14-20)26-25(27)28-22(17-29-23-9-5-3-6-10-23)18-30-24-11-7-4-8-12-24;/h3-16,19,22H,17-18H2,1-2H3,(H,26,27);1H. The molecule has 3 aromatic rings. The largest absolute Gasteiger partial charge is 0.444 e. The summed E-state index contributed by atoms with van der Waals surface area (Å²) in [6.07, 6.45) is -0.630. The molecule has 0 unspecified atom stereocenters. The maximum absolute atomic E-state index is 12.5. The third kappa shape index (κ3) is 7.47. The highest BCUT2D eigenvalue weighted by Gasteiger charge is 2.16. The van der Waals surface area contributed by atoms with Crippen LogP contribution in [-0.4, -0.2) is 23.7 Å². The van der Waals surface area contributed by atoms with Gasteiger partial charge in [-0.2, -0.15) is 0 Å². The molecule has 3 aromatic carbocycles. The molecule has 0 saturated carbocycles. The SMILES string of the molecule is CC(C)c1ccc(NC(=O)OC(CSc2ccccc2)CSc2ccccc2)cc1.[HH]. The lowest BCUT2D eigenvalue weighted by Crippen LogP contribution is -2.26. The number of ether oxygens (including phenoxy) is 1. The maximum Gasteiger partial charge on any atom is 0.411 e.